The Hall–Kier alpha value is -1.92. The molecule has 6 heteroatoms. The van der Waals surface area contributed by atoms with Gasteiger partial charge >= 0.3 is 5.97 Å². The first-order chi connectivity index (χ1) is 36.0. The summed E-state index contributed by atoms with van der Waals surface area (Å²) in [5, 5.41) is 23.2. The standard InChI is InChI=1S/C67H127NO5/c1-3-5-7-9-11-13-15-36-41-45-49-53-57-61-67(72)73-62-58-54-50-46-42-38-35-33-31-29-27-25-23-21-19-17-18-20-22-24-26-28-30-32-34-37-40-44-48-52-56-60-66(71)68-64(63-69)65(70)59-55-51-47-43-39-16-14-12-10-8-6-4-2/h7,9,13,15,19,21,64-65,69-70H,3-6,8,10-12,14,16-18,20,22-63H2,1-2H3,(H,68,71)/b9-7-,15-13-,21-19-. The van der Waals surface area contributed by atoms with E-state index in [1.165, 1.54) is 270 Å². The Labute approximate surface area is 455 Å². The van der Waals surface area contributed by atoms with Crippen molar-refractivity contribution in [2.24, 2.45) is 0 Å². The van der Waals surface area contributed by atoms with Gasteiger partial charge in [0.15, 0.2) is 0 Å². The van der Waals surface area contributed by atoms with Crippen LogP contribution in [0.15, 0.2) is 36.5 Å². The predicted octanol–water partition coefficient (Wildman–Crippen LogP) is 20.8. The molecule has 0 aromatic carbocycles. The molecule has 0 saturated heterocycles. The lowest BCUT2D eigenvalue weighted by molar-refractivity contribution is -0.143. The van der Waals surface area contributed by atoms with Gasteiger partial charge < -0.3 is 20.3 Å². The van der Waals surface area contributed by atoms with E-state index in [1.807, 2.05) is 0 Å². The van der Waals surface area contributed by atoms with E-state index in [-0.39, 0.29) is 18.5 Å². The average Bonchev–Trinajstić information content (AvgIpc) is 3.39. The minimum Gasteiger partial charge on any atom is -0.466 e. The van der Waals surface area contributed by atoms with Gasteiger partial charge in [-0.05, 0) is 77.0 Å². The van der Waals surface area contributed by atoms with Gasteiger partial charge in [0.05, 0.1) is 25.4 Å². The molecule has 2 atom stereocenters. The highest BCUT2D eigenvalue weighted by molar-refractivity contribution is 5.76. The summed E-state index contributed by atoms with van der Waals surface area (Å²) in [5.74, 6) is -0.0300. The lowest BCUT2D eigenvalue weighted by Crippen LogP contribution is -2.45. The maximum atomic E-state index is 12.5. The monoisotopic (exact) mass is 1030 g/mol. The van der Waals surface area contributed by atoms with Gasteiger partial charge in [0, 0.05) is 12.8 Å². The summed E-state index contributed by atoms with van der Waals surface area (Å²) in [6, 6.07) is -0.539. The topological polar surface area (TPSA) is 95.9 Å². The number of unbranched alkanes of at least 4 members (excludes halogenated alkanes) is 44. The van der Waals surface area contributed by atoms with Gasteiger partial charge in [-0.1, -0.05) is 301 Å². The number of carbonyl (C=O) groups is 2. The summed E-state index contributed by atoms with van der Waals surface area (Å²) in [4.78, 5) is 24.5. The Kier molecular flexibility index (Phi) is 61.0. The molecule has 1 amide bonds. The predicted molar refractivity (Wildman–Crippen MR) is 319 cm³/mol. The Balaban J connectivity index is 3.35. The number of aliphatic hydroxyl groups excluding tert-OH is 2. The highest BCUT2D eigenvalue weighted by Crippen LogP contribution is 2.18. The van der Waals surface area contributed by atoms with E-state index < -0.39 is 12.1 Å². The highest BCUT2D eigenvalue weighted by Gasteiger charge is 2.20. The van der Waals surface area contributed by atoms with E-state index >= 15 is 0 Å². The average molecular weight is 1030 g/mol. The molecule has 3 N–H and O–H groups in total. The number of hydrogen-bond donors (Lipinski definition) is 3. The van der Waals surface area contributed by atoms with Crippen molar-refractivity contribution in [1.82, 2.24) is 5.32 Å². The normalized spacial score (nSPS) is 12.8. The zero-order valence-electron chi connectivity index (χ0n) is 49.1. The van der Waals surface area contributed by atoms with Gasteiger partial charge in [0.2, 0.25) is 5.91 Å². The summed E-state index contributed by atoms with van der Waals surface area (Å²) < 4.78 is 5.47. The van der Waals surface area contributed by atoms with Gasteiger partial charge in [0.1, 0.15) is 0 Å². The molecule has 2 unspecified atom stereocenters. The Morgan fingerprint density at radius 3 is 1.11 bits per heavy atom. The molecule has 0 aromatic rings. The fourth-order valence-electron chi connectivity index (χ4n) is 10.1. The van der Waals surface area contributed by atoms with Crippen LogP contribution in [0.2, 0.25) is 0 Å². The lowest BCUT2D eigenvalue weighted by Gasteiger charge is -2.22. The number of ether oxygens (including phenoxy) is 1. The summed E-state index contributed by atoms with van der Waals surface area (Å²) in [6.45, 7) is 4.89. The summed E-state index contributed by atoms with van der Waals surface area (Å²) in [6.07, 6.45) is 79.0. The maximum absolute atomic E-state index is 12.5. The summed E-state index contributed by atoms with van der Waals surface area (Å²) in [7, 11) is 0. The number of carbonyl (C=O) groups excluding carboxylic acids is 2. The molecule has 0 spiro atoms. The van der Waals surface area contributed by atoms with Crippen molar-refractivity contribution in [3.8, 4) is 0 Å². The molecular formula is C67H127NO5. The molecule has 430 valence electrons. The molecular weight excluding hydrogens is 899 g/mol. The number of nitrogens with one attached hydrogen (secondary N) is 1. The summed E-state index contributed by atoms with van der Waals surface area (Å²) >= 11 is 0. The molecule has 0 radical (unpaired) electrons. The second-order valence-corrected chi connectivity index (χ2v) is 22.4. The van der Waals surface area contributed by atoms with Crippen LogP contribution >= 0.6 is 0 Å². The number of esters is 1. The van der Waals surface area contributed by atoms with Crippen molar-refractivity contribution in [3.63, 3.8) is 0 Å². The van der Waals surface area contributed by atoms with Crippen molar-refractivity contribution >= 4 is 11.9 Å². The third kappa shape index (κ3) is 59.2. The zero-order valence-corrected chi connectivity index (χ0v) is 49.1. The first kappa shape index (κ1) is 71.1. The molecule has 0 heterocycles. The Bertz CT molecular complexity index is 1180. The molecule has 0 fully saturated rings. The van der Waals surface area contributed by atoms with Crippen LogP contribution in [0.1, 0.15) is 354 Å². The minimum atomic E-state index is -0.661. The van der Waals surface area contributed by atoms with Crippen molar-refractivity contribution in [3.05, 3.63) is 36.5 Å². The molecule has 0 saturated carbocycles. The van der Waals surface area contributed by atoms with Crippen LogP contribution in [-0.4, -0.2) is 47.4 Å². The lowest BCUT2D eigenvalue weighted by atomic mass is 10.0. The molecule has 0 aliphatic rings. The second-order valence-electron chi connectivity index (χ2n) is 22.4. The smallest absolute Gasteiger partial charge is 0.305 e. The molecule has 0 bridgehead atoms. The van der Waals surface area contributed by atoms with Crippen LogP contribution in [0.5, 0.6) is 0 Å². The second kappa shape index (κ2) is 62.6. The Morgan fingerprint density at radius 1 is 0.384 bits per heavy atom. The van der Waals surface area contributed by atoms with E-state index in [2.05, 4.69) is 55.6 Å². The van der Waals surface area contributed by atoms with Crippen LogP contribution in [0.4, 0.5) is 0 Å². The first-order valence-corrected chi connectivity index (χ1v) is 32.7. The van der Waals surface area contributed by atoms with Crippen molar-refractivity contribution in [2.75, 3.05) is 13.2 Å². The minimum absolute atomic E-state index is 0.00225. The van der Waals surface area contributed by atoms with Crippen molar-refractivity contribution < 1.29 is 24.5 Å². The fourth-order valence-corrected chi connectivity index (χ4v) is 10.1. The van der Waals surface area contributed by atoms with Gasteiger partial charge in [0.25, 0.3) is 0 Å². The van der Waals surface area contributed by atoms with Gasteiger partial charge in [-0.2, -0.15) is 0 Å². The van der Waals surface area contributed by atoms with E-state index in [0.717, 1.165) is 51.4 Å². The molecule has 0 rings (SSSR count). The Morgan fingerprint density at radius 2 is 0.712 bits per heavy atom. The first-order valence-electron chi connectivity index (χ1n) is 32.7. The van der Waals surface area contributed by atoms with Gasteiger partial charge in [-0.25, -0.2) is 0 Å². The van der Waals surface area contributed by atoms with Crippen LogP contribution in [0.25, 0.3) is 0 Å². The fraction of sp³-hybridized carbons (Fsp3) is 0.881. The van der Waals surface area contributed by atoms with Crippen LogP contribution in [0.3, 0.4) is 0 Å². The van der Waals surface area contributed by atoms with Gasteiger partial charge in [-0.15, -0.1) is 0 Å². The molecule has 6 nitrogen and oxygen atoms in total. The van der Waals surface area contributed by atoms with E-state index in [4.69, 9.17) is 4.74 Å². The maximum Gasteiger partial charge on any atom is 0.305 e. The van der Waals surface area contributed by atoms with Crippen LogP contribution in [-0.2, 0) is 14.3 Å². The molecule has 73 heavy (non-hydrogen) atoms. The third-order valence-electron chi connectivity index (χ3n) is 15.1. The van der Waals surface area contributed by atoms with E-state index in [9.17, 15) is 19.8 Å². The van der Waals surface area contributed by atoms with Crippen LogP contribution < -0.4 is 5.32 Å². The summed E-state index contributed by atoms with van der Waals surface area (Å²) in [5.41, 5.74) is 0. The zero-order chi connectivity index (χ0) is 52.9. The number of hydrogen-bond acceptors (Lipinski definition) is 5. The number of aliphatic hydroxyl groups is 2. The van der Waals surface area contributed by atoms with E-state index in [0.29, 0.717) is 25.9 Å². The van der Waals surface area contributed by atoms with E-state index in [1.54, 1.807) is 0 Å². The third-order valence-corrected chi connectivity index (χ3v) is 15.1. The molecule has 0 aliphatic carbocycles. The highest BCUT2D eigenvalue weighted by atomic mass is 16.5. The molecule has 0 aliphatic heterocycles. The van der Waals surface area contributed by atoms with Crippen molar-refractivity contribution in [1.29, 1.82) is 0 Å². The van der Waals surface area contributed by atoms with Gasteiger partial charge in [-0.3, -0.25) is 9.59 Å². The number of amides is 1. The largest absolute Gasteiger partial charge is 0.466 e. The van der Waals surface area contributed by atoms with Crippen molar-refractivity contribution in [2.45, 2.75) is 366 Å². The van der Waals surface area contributed by atoms with Crippen LogP contribution in [0, 0.1) is 0 Å². The SMILES string of the molecule is CCC/C=C\C/C=C\CCCCCCCC(=O)OCCCCCCCCCCCCCC/C=C\CCCCCCCCCCCCCCCCCC(=O)NC(CO)C(O)CCCCCCCCCCCCCC. The number of allylic oxidation sites excluding steroid dienone is 6. The number of rotatable bonds is 61. The quantitative estimate of drug-likeness (QED) is 0.0320. The molecule has 0 aromatic heterocycles.